The Morgan fingerprint density at radius 3 is 2.48 bits per heavy atom. The van der Waals surface area contributed by atoms with E-state index in [-0.39, 0.29) is 12.7 Å². The van der Waals surface area contributed by atoms with E-state index in [0.29, 0.717) is 12.0 Å². The van der Waals surface area contributed by atoms with Gasteiger partial charge < -0.3 is 14.9 Å². The topological polar surface area (TPSA) is 87.8 Å². The molecular weight excluding hydrogens is 439 g/mol. The van der Waals surface area contributed by atoms with Crippen molar-refractivity contribution in [3.63, 3.8) is 0 Å². The second kappa shape index (κ2) is 10.7. The zero-order valence-corrected chi connectivity index (χ0v) is 18.6. The van der Waals surface area contributed by atoms with E-state index in [1.807, 2.05) is 17.9 Å². The minimum absolute atomic E-state index is 0.0904. The first-order valence-electron chi connectivity index (χ1n) is 11.0. The molecule has 2 N–H and O–H groups in total. The van der Waals surface area contributed by atoms with E-state index in [0.717, 1.165) is 26.1 Å². The number of halogens is 3. The van der Waals surface area contributed by atoms with Crippen LogP contribution < -0.4 is 0 Å². The molecule has 0 amide bonds. The lowest BCUT2D eigenvalue weighted by molar-refractivity contribution is -0.192. The molecule has 1 aromatic heterocycles. The number of aromatic nitrogens is 2. The van der Waals surface area contributed by atoms with Crippen molar-refractivity contribution in [3.8, 4) is 0 Å². The highest BCUT2D eigenvalue weighted by molar-refractivity contribution is 5.73. The normalized spacial score (nSPS) is 20.1. The van der Waals surface area contributed by atoms with Gasteiger partial charge in [-0.25, -0.2) is 4.79 Å². The molecule has 0 bridgehead atoms. The number of alkyl halides is 3. The lowest BCUT2D eigenvalue weighted by Gasteiger charge is -2.47. The van der Waals surface area contributed by atoms with Crippen LogP contribution in [-0.2, 0) is 28.5 Å². The van der Waals surface area contributed by atoms with Gasteiger partial charge in [-0.15, -0.1) is 0 Å². The van der Waals surface area contributed by atoms with Gasteiger partial charge in [-0.1, -0.05) is 24.3 Å². The number of aliphatic carboxylic acids is 1. The number of fused-ring (bicyclic) bond motifs is 2. The number of nitrogens with zero attached hydrogens (tertiary/aromatic N) is 3. The largest absolute Gasteiger partial charge is 0.490 e. The summed E-state index contributed by atoms with van der Waals surface area (Å²) < 4.78 is 39.5. The quantitative estimate of drug-likeness (QED) is 0.698. The molecule has 0 radical (unpaired) electrons. The van der Waals surface area contributed by atoms with Gasteiger partial charge in [-0.05, 0) is 55.3 Å². The van der Waals surface area contributed by atoms with Crippen molar-refractivity contribution < 1.29 is 32.9 Å². The molecule has 0 saturated carbocycles. The van der Waals surface area contributed by atoms with Crippen LogP contribution in [-0.4, -0.2) is 63.3 Å². The van der Waals surface area contributed by atoms with E-state index in [1.54, 1.807) is 0 Å². The van der Waals surface area contributed by atoms with Crippen LogP contribution in [0.25, 0.3) is 0 Å². The van der Waals surface area contributed by atoms with Crippen molar-refractivity contribution in [3.05, 3.63) is 53.3 Å². The zero-order valence-electron chi connectivity index (χ0n) is 18.6. The average Bonchev–Trinajstić information content (AvgIpc) is 3.19. The highest BCUT2D eigenvalue weighted by atomic mass is 19.4. The number of piperidine rings is 1. The lowest BCUT2D eigenvalue weighted by atomic mass is 9.64. The number of benzene rings is 1. The number of hydrogen-bond acceptors (Lipinski definition) is 5. The lowest BCUT2D eigenvalue weighted by Crippen LogP contribution is -2.44. The summed E-state index contributed by atoms with van der Waals surface area (Å²) in [5.74, 6) is -2.76. The summed E-state index contributed by atoms with van der Waals surface area (Å²) in [5.41, 5.74) is 4.41. The van der Waals surface area contributed by atoms with Crippen LogP contribution in [0.4, 0.5) is 13.2 Å². The number of carbonyl (C=O) groups is 1. The molecule has 1 fully saturated rings. The van der Waals surface area contributed by atoms with Gasteiger partial charge in [0.25, 0.3) is 0 Å². The van der Waals surface area contributed by atoms with E-state index >= 15 is 0 Å². The Morgan fingerprint density at radius 2 is 1.91 bits per heavy atom. The summed E-state index contributed by atoms with van der Waals surface area (Å²) in [6, 6.07) is 8.81. The standard InChI is InChI=1S/C21H29N3O2.C2HF3O2/c1-23-15-17(14-22-23)16-24-10-8-21(9-11-24)7-6-20(26-13-12-25)18-4-2-3-5-19(18)21;3-2(4,5)1(6)7/h2-5,14-15,20,25H,6-13,16H2,1H3;(H,6,7). The molecule has 1 spiro atoms. The van der Waals surface area contributed by atoms with Crippen LogP contribution in [0.15, 0.2) is 36.7 Å². The fourth-order valence-corrected chi connectivity index (χ4v) is 4.80. The Labute approximate surface area is 190 Å². The molecule has 1 aromatic carbocycles. The summed E-state index contributed by atoms with van der Waals surface area (Å²) in [6.45, 7) is 3.77. The Kier molecular flexibility index (Phi) is 8.14. The monoisotopic (exact) mass is 469 g/mol. The first-order valence-corrected chi connectivity index (χ1v) is 11.0. The highest BCUT2D eigenvalue weighted by Gasteiger charge is 2.42. The summed E-state index contributed by atoms with van der Waals surface area (Å²) in [5, 5.41) is 20.5. The molecule has 4 rings (SSSR count). The second-order valence-corrected chi connectivity index (χ2v) is 8.59. The molecule has 2 heterocycles. The molecule has 1 aliphatic heterocycles. The maximum absolute atomic E-state index is 10.6. The number of hydrogen-bond donors (Lipinski definition) is 2. The predicted molar refractivity (Wildman–Crippen MR) is 115 cm³/mol. The van der Waals surface area contributed by atoms with E-state index in [4.69, 9.17) is 19.7 Å². The molecule has 2 aliphatic rings. The van der Waals surface area contributed by atoms with Crippen LogP contribution in [0.1, 0.15) is 48.5 Å². The maximum atomic E-state index is 10.6. The number of aliphatic hydroxyl groups excluding tert-OH is 1. The van der Waals surface area contributed by atoms with Gasteiger partial charge >= 0.3 is 12.1 Å². The van der Waals surface area contributed by atoms with Gasteiger partial charge in [0.05, 0.1) is 25.5 Å². The maximum Gasteiger partial charge on any atom is 0.490 e. The van der Waals surface area contributed by atoms with Crippen molar-refractivity contribution in [1.82, 2.24) is 14.7 Å². The van der Waals surface area contributed by atoms with E-state index < -0.39 is 12.1 Å². The van der Waals surface area contributed by atoms with Gasteiger partial charge in [0.2, 0.25) is 0 Å². The van der Waals surface area contributed by atoms with E-state index in [1.165, 1.54) is 36.0 Å². The van der Waals surface area contributed by atoms with Gasteiger partial charge in [0.1, 0.15) is 0 Å². The van der Waals surface area contributed by atoms with Crippen molar-refractivity contribution in [2.24, 2.45) is 7.05 Å². The molecule has 10 heteroatoms. The summed E-state index contributed by atoms with van der Waals surface area (Å²) in [4.78, 5) is 11.5. The van der Waals surface area contributed by atoms with Crippen LogP contribution >= 0.6 is 0 Å². The molecular formula is C23H30F3N3O4. The van der Waals surface area contributed by atoms with Gasteiger partial charge in [-0.3, -0.25) is 9.58 Å². The fourth-order valence-electron chi connectivity index (χ4n) is 4.80. The predicted octanol–water partition coefficient (Wildman–Crippen LogP) is 3.43. The Morgan fingerprint density at radius 1 is 1.24 bits per heavy atom. The van der Waals surface area contributed by atoms with Crippen molar-refractivity contribution >= 4 is 5.97 Å². The van der Waals surface area contributed by atoms with Gasteiger partial charge in [0.15, 0.2) is 0 Å². The third-order valence-corrected chi connectivity index (χ3v) is 6.39. The smallest absolute Gasteiger partial charge is 0.475 e. The minimum Gasteiger partial charge on any atom is -0.475 e. The fraction of sp³-hybridized carbons (Fsp3) is 0.565. The third-order valence-electron chi connectivity index (χ3n) is 6.39. The molecule has 2 aromatic rings. The Hall–Kier alpha value is -2.43. The third kappa shape index (κ3) is 6.33. The van der Waals surface area contributed by atoms with Gasteiger partial charge in [0, 0.05) is 25.4 Å². The number of likely N-dealkylation sites (tertiary alicyclic amines) is 1. The Balaban J connectivity index is 0.000000383. The van der Waals surface area contributed by atoms with Crippen LogP contribution in [0, 0.1) is 0 Å². The number of ether oxygens (including phenoxy) is 1. The highest BCUT2D eigenvalue weighted by Crippen LogP contribution is 2.48. The average molecular weight is 470 g/mol. The molecule has 1 unspecified atom stereocenters. The summed E-state index contributed by atoms with van der Waals surface area (Å²) >= 11 is 0. The number of aryl methyl sites for hydroxylation is 1. The van der Waals surface area contributed by atoms with Gasteiger partial charge in [-0.2, -0.15) is 18.3 Å². The first-order chi connectivity index (χ1) is 15.6. The van der Waals surface area contributed by atoms with E-state index in [9.17, 15) is 13.2 Å². The molecule has 1 atom stereocenters. The summed E-state index contributed by atoms with van der Waals surface area (Å²) in [6.07, 6.45) is 3.79. The number of carboxylic acid groups (broad SMARTS) is 1. The zero-order chi connectivity index (χ0) is 24.1. The first kappa shape index (κ1) is 25.2. The molecule has 1 aliphatic carbocycles. The second-order valence-electron chi connectivity index (χ2n) is 8.59. The molecule has 182 valence electrons. The number of rotatable bonds is 5. The molecule has 33 heavy (non-hydrogen) atoms. The van der Waals surface area contributed by atoms with Crippen LogP contribution in [0.5, 0.6) is 0 Å². The van der Waals surface area contributed by atoms with Crippen LogP contribution in [0.3, 0.4) is 0 Å². The van der Waals surface area contributed by atoms with Crippen molar-refractivity contribution in [1.29, 1.82) is 0 Å². The van der Waals surface area contributed by atoms with Crippen LogP contribution in [0.2, 0.25) is 0 Å². The number of aliphatic hydroxyl groups is 1. The van der Waals surface area contributed by atoms with Crippen molar-refractivity contribution in [2.45, 2.75) is 49.9 Å². The molecule has 1 saturated heterocycles. The number of carboxylic acids is 1. The Bertz CT molecular complexity index is 924. The molecule has 7 nitrogen and oxygen atoms in total. The van der Waals surface area contributed by atoms with Crippen molar-refractivity contribution in [2.75, 3.05) is 26.3 Å². The summed E-state index contributed by atoms with van der Waals surface area (Å²) in [7, 11) is 1.98. The SMILES string of the molecule is Cn1cc(CN2CCC3(CCC(OCCO)c4ccccc43)CC2)cn1.O=C(O)C(F)(F)F. The van der Waals surface area contributed by atoms with E-state index in [2.05, 4.69) is 40.5 Å². The minimum atomic E-state index is -5.08.